The van der Waals surface area contributed by atoms with Gasteiger partial charge in [-0.1, -0.05) is 25.1 Å². The van der Waals surface area contributed by atoms with E-state index < -0.39 is 0 Å². The molecule has 0 N–H and O–H groups in total. The fourth-order valence-corrected chi connectivity index (χ4v) is 3.50. The minimum absolute atomic E-state index is 0.0819. The first kappa shape index (κ1) is 15.7. The zero-order chi connectivity index (χ0) is 17.4. The summed E-state index contributed by atoms with van der Waals surface area (Å²) in [5.41, 5.74) is 3.01. The van der Waals surface area contributed by atoms with E-state index in [0.29, 0.717) is 12.3 Å². The summed E-state index contributed by atoms with van der Waals surface area (Å²) >= 11 is 0. The van der Waals surface area contributed by atoms with Crippen LogP contribution in [0.15, 0.2) is 53.2 Å². The zero-order valence-corrected chi connectivity index (χ0v) is 14.5. The maximum Gasteiger partial charge on any atom is 0.294 e. The number of aromatic nitrogens is 2. The minimum Gasteiger partial charge on any atom is -0.456 e. The highest BCUT2D eigenvalue weighted by Gasteiger charge is 2.32. The Morgan fingerprint density at radius 2 is 2.16 bits per heavy atom. The topological polar surface area (TPSA) is 51.3 Å². The molecule has 4 rings (SSSR count). The predicted molar refractivity (Wildman–Crippen MR) is 95.9 cm³/mol. The molecule has 2 aromatic heterocycles. The van der Waals surface area contributed by atoms with Crippen molar-refractivity contribution < 1.29 is 9.21 Å². The largest absolute Gasteiger partial charge is 0.456 e. The van der Waals surface area contributed by atoms with Crippen LogP contribution in [0.25, 0.3) is 0 Å². The summed E-state index contributed by atoms with van der Waals surface area (Å²) in [5, 5.41) is 4.37. The third-order valence-corrected chi connectivity index (χ3v) is 4.79. The predicted octanol–water partition coefficient (Wildman–Crippen LogP) is 3.79. The number of fused-ring (bicyclic) bond motifs is 1. The molecule has 128 valence electrons. The summed E-state index contributed by atoms with van der Waals surface area (Å²) < 4.78 is 7.74. The third-order valence-electron chi connectivity index (χ3n) is 4.79. The molecule has 0 bridgehead atoms. The van der Waals surface area contributed by atoms with Gasteiger partial charge in [-0.2, -0.15) is 5.10 Å². The summed E-state index contributed by atoms with van der Waals surface area (Å²) in [6.07, 6.45) is 5.37. The van der Waals surface area contributed by atoms with E-state index in [9.17, 15) is 4.79 Å². The molecule has 0 aliphatic carbocycles. The minimum atomic E-state index is -0.0819. The molecule has 0 radical (unpaired) electrons. The Morgan fingerprint density at radius 3 is 2.88 bits per heavy atom. The van der Waals surface area contributed by atoms with Crippen molar-refractivity contribution in [3.8, 4) is 0 Å². The number of benzene rings is 1. The van der Waals surface area contributed by atoms with Gasteiger partial charge >= 0.3 is 0 Å². The van der Waals surface area contributed by atoms with Gasteiger partial charge in [-0.25, -0.2) is 0 Å². The average molecular weight is 335 g/mol. The van der Waals surface area contributed by atoms with Crippen LogP contribution in [0.5, 0.6) is 0 Å². The van der Waals surface area contributed by atoms with Crippen molar-refractivity contribution in [2.24, 2.45) is 0 Å². The Bertz CT molecular complexity index is 896. The summed E-state index contributed by atoms with van der Waals surface area (Å²) in [5.74, 6) is 1.20. The Morgan fingerprint density at radius 1 is 1.32 bits per heavy atom. The van der Waals surface area contributed by atoms with E-state index >= 15 is 0 Å². The lowest BCUT2D eigenvalue weighted by atomic mass is 9.97. The van der Waals surface area contributed by atoms with Crippen LogP contribution >= 0.6 is 0 Å². The lowest BCUT2D eigenvalue weighted by Gasteiger charge is -2.34. The van der Waals surface area contributed by atoms with Gasteiger partial charge in [0.25, 0.3) is 5.91 Å². The quantitative estimate of drug-likeness (QED) is 0.732. The molecular formula is C20H21N3O2. The zero-order valence-electron chi connectivity index (χ0n) is 14.5. The number of furan rings is 1. The molecule has 0 fully saturated rings. The number of hydrogen-bond acceptors (Lipinski definition) is 3. The van der Waals surface area contributed by atoms with Crippen LogP contribution in [0.4, 0.5) is 5.69 Å². The number of carbonyl (C=O) groups excluding carboxylic acids is 1. The standard InChI is InChI=1S/C20H21N3O2/c1-3-17-11-14(2)19(25-17)20(24)22-13-16(23-10-6-9-21-23)12-15-7-4-5-8-18(15)22/h4-11,16H,3,12-13H2,1-2H3. The average Bonchev–Trinajstić information content (AvgIpc) is 3.30. The van der Waals surface area contributed by atoms with Gasteiger partial charge in [-0.3, -0.25) is 9.48 Å². The number of anilines is 1. The first-order chi connectivity index (χ1) is 12.2. The van der Waals surface area contributed by atoms with E-state index in [4.69, 9.17) is 4.42 Å². The van der Waals surface area contributed by atoms with Crippen LogP contribution in [0.2, 0.25) is 0 Å². The highest BCUT2D eigenvalue weighted by atomic mass is 16.4. The molecule has 1 amide bonds. The molecule has 5 heteroatoms. The molecule has 1 unspecified atom stereocenters. The molecule has 1 aliphatic heterocycles. The first-order valence-corrected chi connectivity index (χ1v) is 8.65. The fraction of sp³-hybridized carbons (Fsp3) is 0.300. The van der Waals surface area contributed by atoms with E-state index in [1.54, 1.807) is 6.20 Å². The smallest absolute Gasteiger partial charge is 0.294 e. The molecule has 1 aromatic carbocycles. The molecule has 1 aliphatic rings. The van der Waals surface area contributed by atoms with Gasteiger partial charge in [0.05, 0.1) is 6.04 Å². The highest BCUT2D eigenvalue weighted by molar-refractivity contribution is 6.05. The molecule has 0 saturated carbocycles. The third kappa shape index (κ3) is 2.76. The van der Waals surface area contributed by atoms with E-state index in [1.807, 2.05) is 60.0 Å². The molecule has 25 heavy (non-hydrogen) atoms. The van der Waals surface area contributed by atoms with Gasteiger partial charge in [0.2, 0.25) is 0 Å². The van der Waals surface area contributed by atoms with Gasteiger partial charge in [-0.15, -0.1) is 0 Å². The number of amides is 1. The summed E-state index contributed by atoms with van der Waals surface area (Å²) in [6.45, 7) is 4.53. The number of nitrogens with zero attached hydrogens (tertiary/aromatic N) is 3. The Hall–Kier alpha value is -2.82. The van der Waals surface area contributed by atoms with Gasteiger partial charge in [-0.05, 0) is 37.1 Å². The van der Waals surface area contributed by atoms with Crippen molar-refractivity contribution in [1.29, 1.82) is 0 Å². The van der Waals surface area contributed by atoms with Crippen LogP contribution < -0.4 is 4.90 Å². The molecule has 0 spiro atoms. The van der Waals surface area contributed by atoms with E-state index in [1.165, 1.54) is 0 Å². The second-order valence-corrected chi connectivity index (χ2v) is 6.47. The number of aryl methyl sites for hydroxylation is 2. The van der Waals surface area contributed by atoms with Gasteiger partial charge in [0.15, 0.2) is 5.76 Å². The molecule has 5 nitrogen and oxygen atoms in total. The number of carbonyl (C=O) groups is 1. The first-order valence-electron chi connectivity index (χ1n) is 8.65. The second kappa shape index (κ2) is 6.24. The fourth-order valence-electron chi connectivity index (χ4n) is 3.50. The normalized spacial score (nSPS) is 16.7. The number of para-hydroxylation sites is 1. The van der Waals surface area contributed by atoms with Crippen molar-refractivity contribution >= 4 is 11.6 Å². The van der Waals surface area contributed by atoms with E-state index in [-0.39, 0.29) is 11.9 Å². The van der Waals surface area contributed by atoms with Crippen LogP contribution in [-0.4, -0.2) is 22.2 Å². The Balaban J connectivity index is 1.73. The highest BCUT2D eigenvalue weighted by Crippen LogP contribution is 2.33. The van der Waals surface area contributed by atoms with Gasteiger partial charge in [0.1, 0.15) is 5.76 Å². The molecule has 3 heterocycles. The maximum absolute atomic E-state index is 13.2. The molecule has 3 aromatic rings. The van der Waals surface area contributed by atoms with Crippen LogP contribution in [0.1, 0.15) is 40.4 Å². The SMILES string of the molecule is CCc1cc(C)c(C(=O)N2CC(n3cccn3)Cc3ccccc32)o1. The Kier molecular flexibility index (Phi) is 3.92. The van der Waals surface area contributed by atoms with Crippen molar-refractivity contribution in [3.05, 3.63) is 71.4 Å². The molecule has 1 atom stereocenters. The van der Waals surface area contributed by atoms with Crippen molar-refractivity contribution in [2.75, 3.05) is 11.4 Å². The van der Waals surface area contributed by atoms with Gasteiger partial charge in [0, 0.05) is 36.6 Å². The van der Waals surface area contributed by atoms with Crippen LogP contribution in [-0.2, 0) is 12.8 Å². The summed E-state index contributed by atoms with van der Waals surface area (Å²) in [4.78, 5) is 15.1. The van der Waals surface area contributed by atoms with Crippen molar-refractivity contribution in [3.63, 3.8) is 0 Å². The van der Waals surface area contributed by atoms with Crippen molar-refractivity contribution in [2.45, 2.75) is 32.7 Å². The van der Waals surface area contributed by atoms with Crippen molar-refractivity contribution in [1.82, 2.24) is 9.78 Å². The van der Waals surface area contributed by atoms with Gasteiger partial charge < -0.3 is 9.32 Å². The van der Waals surface area contributed by atoms with E-state index in [2.05, 4.69) is 11.2 Å². The number of hydrogen-bond donors (Lipinski definition) is 0. The van der Waals surface area contributed by atoms with Crippen LogP contribution in [0.3, 0.4) is 0 Å². The maximum atomic E-state index is 13.2. The van der Waals surface area contributed by atoms with E-state index in [0.717, 1.165) is 35.4 Å². The molecule has 0 saturated heterocycles. The molecular weight excluding hydrogens is 314 g/mol. The number of rotatable bonds is 3. The lowest BCUT2D eigenvalue weighted by molar-refractivity contribution is 0.0950. The monoisotopic (exact) mass is 335 g/mol. The summed E-state index contributed by atoms with van der Waals surface area (Å²) in [7, 11) is 0. The lowest BCUT2D eigenvalue weighted by Crippen LogP contribution is -2.41. The summed E-state index contributed by atoms with van der Waals surface area (Å²) in [6, 6.07) is 12.1. The Labute approximate surface area is 146 Å². The second-order valence-electron chi connectivity index (χ2n) is 6.47. The van der Waals surface area contributed by atoms with Crippen LogP contribution in [0, 0.1) is 6.92 Å².